The maximum atomic E-state index is 5.93. The minimum Gasteiger partial charge on any atom is -0.381 e. The third kappa shape index (κ3) is 2.02. The Labute approximate surface area is 109 Å². The second-order valence-corrected chi connectivity index (χ2v) is 4.68. The topological polar surface area (TPSA) is 66.9 Å². The fourth-order valence-electron chi connectivity index (χ4n) is 2.32. The van der Waals surface area contributed by atoms with Crippen molar-refractivity contribution in [3.05, 3.63) is 11.6 Å². The fraction of sp³-hybridized carbons (Fsp3) is 0.545. The number of H-pyrrole nitrogens is 1. The molecule has 3 rings (SSSR count). The zero-order chi connectivity index (χ0) is 12.5. The first-order valence-corrected chi connectivity index (χ1v) is 6.30. The van der Waals surface area contributed by atoms with Gasteiger partial charge in [-0.15, -0.1) is 0 Å². The van der Waals surface area contributed by atoms with E-state index >= 15 is 0 Å². The van der Waals surface area contributed by atoms with Crippen molar-refractivity contribution >= 4 is 28.6 Å². The Balaban J connectivity index is 1.92. The second-order valence-electron chi connectivity index (χ2n) is 4.34. The lowest BCUT2D eigenvalue weighted by Gasteiger charge is -2.32. The summed E-state index contributed by atoms with van der Waals surface area (Å²) < 4.78 is 5.37. The van der Waals surface area contributed by atoms with Crippen LogP contribution in [0, 0.1) is 0 Å². The molecule has 1 saturated heterocycles. The normalized spacial score (nSPS) is 17.6. The SMILES string of the molecule is COC1CCN(c2nc(Cl)nc3nc[nH]c23)CC1. The second kappa shape index (κ2) is 4.70. The first-order valence-electron chi connectivity index (χ1n) is 5.92. The molecule has 7 heteroatoms. The van der Waals surface area contributed by atoms with E-state index in [4.69, 9.17) is 16.3 Å². The van der Waals surface area contributed by atoms with Crippen LogP contribution in [0.3, 0.4) is 0 Å². The van der Waals surface area contributed by atoms with Crippen molar-refractivity contribution in [2.45, 2.75) is 18.9 Å². The maximum Gasteiger partial charge on any atom is 0.226 e. The molecule has 96 valence electrons. The average Bonchev–Trinajstić information content (AvgIpc) is 2.86. The van der Waals surface area contributed by atoms with Gasteiger partial charge in [-0.3, -0.25) is 0 Å². The van der Waals surface area contributed by atoms with E-state index in [0.717, 1.165) is 37.3 Å². The summed E-state index contributed by atoms with van der Waals surface area (Å²) in [6.45, 7) is 1.81. The average molecular weight is 268 g/mol. The molecule has 2 aromatic rings. The highest BCUT2D eigenvalue weighted by molar-refractivity contribution is 6.28. The van der Waals surface area contributed by atoms with Gasteiger partial charge in [-0.1, -0.05) is 0 Å². The Morgan fingerprint density at radius 3 is 2.89 bits per heavy atom. The van der Waals surface area contributed by atoms with Crippen molar-refractivity contribution < 1.29 is 4.74 Å². The summed E-state index contributed by atoms with van der Waals surface area (Å²) >= 11 is 5.93. The zero-order valence-corrected chi connectivity index (χ0v) is 10.8. The first kappa shape index (κ1) is 11.7. The van der Waals surface area contributed by atoms with Crippen molar-refractivity contribution in [3.63, 3.8) is 0 Å². The molecule has 0 spiro atoms. The van der Waals surface area contributed by atoms with Gasteiger partial charge < -0.3 is 14.6 Å². The number of nitrogens with one attached hydrogen (secondary N) is 1. The number of halogens is 1. The number of aromatic amines is 1. The van der Waals surface area contributed by atoms with E-state index in [1.807, 2.05) is 0 Å². The first-order chi connectivity index (χ1) is 8.78. The van der Waals surface area contributed by atoms with Gasteiger partial charge in [-0.05, 0) is 24.4 Å². The van der Waals surface area contributed by atoms with Gasteiger partial charge in [0, 0.05) is 20.2 Å². The standard InChI is InChI=1S/C11H14ClN5O/c1-18-7-2-4-17(5-3-7)10-8-9(14-6-13-8)15-11(12)16-10/h6-7H,2-5H2,1H3,(H,13,14,15,16). The van der Waals surface area contributed by atoms with Crippen LogP contribution in [0.4, 0.5) is 5.82 Å². The summed E-state index contributed by atoms with van der Waals surface area (Å²) in [6, 6.07) is 0. The van der Waals surface area contributed by atoms with Crippen LogP contribution in [0.2, 0.25) is 5.28 Å². The van der Waals surface area contributed by atoms with E-state index in [0.29, 0.717) is 11.8 Å². The number of piperidine rings is 1. The van der Waals surface area contributed by atoms with Crippen LogP contribution < -0.4 is 4.90 Å². The Bertz CT molecular complexity index is 549. The van der Waals surface area contributed by atoms with Gasteiger partial charge in [-0.25, -0.2) is 4.98 Å². The molecule has 0 radical (unpaired) electrons. The van der Waals surface area contributed by atoms with Crippen LogP contribution in [0.15, 0.2) is 6.33 Å². The smallest absolute Gasteiger partial charge is 0.226 e. The van der Waals surface area contributed by atoms with E-state index in [1.165, 1.54) is 0 Å². The molecule has 1 aliphatic heterocycles. The number of ether oxygens (including phenoxy) is 1. The number of fused-ring (bicyclic) bond motifs is 1. The summed E-state index contributed by atoms with van der Waals surface area (Å²) in [7, 11) is 1.76. The Kier molecular flexibility index (Phi) is 3.05. The maximum absolute atomic E-state index is 5.93. The van der Waals surface area contributed by atoms with E-state index in [1.54, 1.807) is 13.4 Å². The van der Waals surface area contributed by atoms with Crippen molar-refractivity contribution in [2.75, 3.05) is 25.1 Å². The number of hydrogen-bond donors (Lipinski definition) is 1. The minimum absolute atomic E-state index is 0.235. The highest BCUT2D eigenvalue weighted by Crippen LogP contribution is 2.26. The molecular weight excluding hydrogens is 254 g/mol. The highest BCUT2D eigenvalue weighted by atomic mass is 35.5. The fourth-order valence-corrected chi connectivity index (χ4v) is 2.48. The number of anilines is 1. The van der Waals surface area contributed by atoms with E-state index < -0.39 is 0 Å². The summed E-state index contributed by atoms with van der Waals surface area (Å²) in [5, 5.41) is 0.235. The molecule has 1 aliphatic rings. The van der Waals surface area contributed by atoms with E-state index in [2.05, 4.69) is 24.8 Å². The van der Waals surface area contributed by atoms with Crippen molar-refractivity contribution in [3.8, 4) is 0 Å². The Morgan fingerprint density at radius 1 is 1.39 bits per heavy atom. The van der Waals surface area contributed by atoms with Gasteiger partial charge in [0.05, 0.1) is 12.4 Å². The molecule has 6 nitrogen and oxygen atoms in total. The van der Waals surface area contributed by atoms with Crippen LogP contribution in [-0.2, 0) is 4.74 Å². The lowest BCUT2D eigenvalue weighted by molar-refractivity contribution is 0.0818. The van der Waals surface area contributed by atoms with Gasteiger partial charge in [-0.2, -0.15) is 9.97 Å². The summed E-state index contributed by atoms with van der Waals surface area (Å²) in [5.41, 5.74) is 1.45. The minimum atomic E-state index is 0.235. The molecular formula is C11H14ClN5O. The van der Waals surface area contributed by atoms with Crippen molar-refractivity contribution in [1.29, 1.82) is 0 Å². The van der Waals surface area contributed by atoms with Gasteiger partial charge in [0.15, 0.2) is 11.5 Å². The van der Waals surface area contributed by atoms with Crippen LogP contribution in [0.5, 0.6) is 0 Å². The largest absolute Gasteiger partial charge is 0.381 e. The third-order valence-corrected chi connectivity index (χ3v) is 3.48. The Hall–Kier alpha value is -1.40. The summed E-state index contributed by atoms with van der Waals surface area (Å²) in [4.78, 5) is 17.8. The van der Waals surface area contributed by atoms with Gasteiger partial charge >= 0.3 is 0 Å². The van der Waals surface area contributed by atoms with Gasteiger partial charge in [0.2, 0.25) is 5.28 Å². The van der Waals surface area contributed by atoms with Gasteiger partial charge in [0.25, 0.3) is 0 Å². The summed E-state index contributed by atoms with van der Waals surface area (Å²) in [6.07, 6.45) is 3.94. The molecule has 18 heavy (non-hydrogen) atoms. The van der Waals surface area contributed by atoms with Crippen LogP contribution in [0.25, 0.3) is 11.2 Å². The number of imidazole rings is 1. The quantitative estimate of drug-likeness (QED) is 0.838. The predicted molar refractivity (Wildman–Crippen MR) is 68.9 cm³/mol. The monoisotopic (exact) mass is 267 g/mol. The van der Waals surface area contributed by atoms with Crippen LogP contribution >= 0.6 is 11.6 Å². The lowest BCUT2D eigenvalue weighted by Crippen LogP contribution is -2.37. The summed E-state index contributed by atoms with van der Waals surface area (Å²) in [5.74, 6) is 0.831. The zero-order valence-electron chi connectivity index (χ0n) is 10.1. The number of nitrogens with zero attached hydrogens (tertiary/aromatic N) is 4. The molecule has 1 N–H and O–H groups in total. The molecule has 0 bridgehead atoms. The molecule has 2 aromatic heterocycles. The number of methoxy groups -OCH3 is 1. The lowest BCUT2D eigenvalue weighted by atomic mass is 10.1. The molecule has 0 unspecified atom stereocenters. The number of rotatable bonds is 2. The van der Waals surface area contributed by atoms with Crippen molar-refractivity contribution in [1.82, 2.24) is 19.9 Å². The van der Waals surface area contributed by atoms with Crippen LogP contribution in [-0.4, -0.2) is 46.2 Å². The highest BCUT2D eigenvalue weighted by Gasteiger charge is 2.22. The molecule has 1 fully saturated rings. The van der Waals surface area contributed by atoms with Crippen molar-refractivity contribution in [2.24, 2.45) is 0 Å². The molecule has 0 aromatic carbocycles. The Morgan fingerprint density at radius 2 is 2.17 bits per heavy atom. The van der Waals surface area contributed by atoms with E-state index in [-0.39, 0.29) is 5.28 Å². The predicted octanol–water partition coefficient (Wildman–Crippen LogP) is 1.62. The third-order valence-electron chi connectivity index (χ3n) is 3.31. The van der Waals surface area contributed by atoms with Crippen LogP contribution in [0.1, 0.15) is 12.8 Å². The molecule has 3 heterocycles. The molecule has 0 saturated carbocycles. The molecule has 0 atom stereocenters. The molecule has 0 aliphatic carbocycles. The van der Waals surface area contributed by atoms with E-state index in [9.17, 15) is 0 Å². The van der Waals surface area contributed by atoms with Gasteiger partial charge in [0.1, 0.15) is 5.52 Å². The molecule has 0 amide bonds. The number of aromatic nitrogens is 4. The number of hydrogen-bond acceptors (Lipinski definition) is 5.